The van der Waals surface area contributed by atoms with E-state index in [-0.39, 0.29) is 11.6 Å². The van der Waals surface area contributed by atoms with E-state index in [1.54, 1.807) is 62.8 Å². The van der Waals surface area contributed by atoms with Crippen molar-refractivity contribution >= 4 is 11.6 Å². The largest absolute Gasteiger partial charge is 0.497 e. The van der Waals surface area contributed by atoms with Crippen LogP contribution in [0.3, 0.4) is 0 Å². The molecule has 0 heterocycles. The molecule has 3 aromatic carbocycles. The minimum Gasteiger partial charge on any atom is -0.497 e. The van der Waals surface area contributed by atoms with Gasteiger partial charge in [-0.15, -0.1) is 0 Å². The van der Waals surface area contributed by atoms with Gasteiger partial charge >= 0.3 is 0 Å². The van der Waals surface area contributed by atoms with Crippen molar-refractivity contribution in [2.24, 2.45) is 0 Å². The summed E-state index contributed by atoms with van der Waals surface area (Å²) < 4.78 is 10.2. The highest BCUT2D eigenvalue weighted by Gasteiger charge is 2.10. The van der Waals surface area contributed by atoms with Crippen molar-refractivity contribution in [2.75, 3.05) is 14.2 Å². The van der Waals surface area contributed by atoms with Gasteiger partial charge in [0.05, 0.1) is 14.2 Å². The lowest BCUT2D eigenvalue weighted by Crippen LogP contribution is -2.05. The SMILES string of the molecule is COc1ccc(C(=O)Cc2ccc(CC(=O)c3ccc(OC)cc3)cc2)cc1. The first-order valence-electron chi connectivity index (χ1n) is 9.01. The molecule has 0 radical (unpaired) electrons. The molecule has 0 atom stereocenters. The van der Waals surface area contributed by atoms with Crippen molar-refractivity contribution in [2.45, 2.75) is 12.8 Å². The summed E-state index contributed by atoms with van der Waals surface area (Å²) in [5.74, 6) is 1.54. The fraction of sp³-hybridized carbons (Fsp3) is 0.167. The normalized spacial score (nSPS) is 10.4. The number of hydrogen-bond acceptors (Lipinski definition) is 4. The Morgan fingerprint density at radius 2 is 0.893 bits per heavy atom. The van der Waals surface area contributed by atoms with Crippen LogP contribution in [0.2, 0.25) is 0 Å². The van der Waals surface area contributed by atoms with Crippen LogP contribution in [0.5, 0.6) is 11.5 Å². The molecule has 142 valence electrons. The van der Waals surface area contributed by atoms with Gasteiger partial charge in [-0.1, -0.05) is 24.3 Å². The van der Waals surface area contributed by atoms with Gasteiger partial charge in [0.1, 0.15) is 11.5 Å². The van der Waals surface area contributed by atoms with Gasteiger partial charge in [-0.2, -0.15) is 0 Å². The summed E-state index contributed by atoms with van der Waals surface area (Å²) >= 11 is 0. The molecule has 0 aliphatic heterocycles. The quantitative estimate of drug-likeness (QED) is 0.543. The van der Waals surface area contributed by atoms with E-state index in [9.17, 15) is 9.59 Å². The van der Waals surface area contributed by atoms with Gasteiger partial charge in [-0.3, -0.25) is 9.59 Å². The van der Waals surface area contributed by atoms with Gasteiger partial charge < -0.3 is 9.47 Å². The smallest absolute Gasteiger partial charge is 0.167 e. The third-order valence-electron chi connectivity index (χ3n) is 4.58. The zero-order valence-electron chi connectivity index (χ0n) is 16.0. The highest BCUT2D eigenvalue weighted by Crippen LogP contribution is 2.16. The summed E-state index contributed by atoms with van der Waals surface area (Å²) in [6, 6.07) is 21.8. The lowest BCUT2D eigenvalue weighted by Gasteiger charge is -2.06. The van der Waals surface area contributed by atoms with Crippen molar-refractivity contribution in [1.29, 1.82) is 0 Å². The third kappa shape index (κ3) is 4.86. The number of ether oxygens (including phenoxy) is 2. The molecule has 4 nitrogen and oxygen atoms in total. The van der Waals surface area contributed by atoms with Gasteiger partial charge in [0.25, 0.3) is 0 Å². The lowest BCUT2D eigenvalue weighted by atomic mass is 9.99. The summed E-state index contributed by atoms with van der Waals surface area (Å²) in [6.07, 6.45) is 0.637. The first-order chi connectivity index (χ1) is 13.6. The summed E-state index contributed by atoms with van der Waals surface area (Å²) in [5, 5.41) is 0. The second-order valence-corrected chi connectivity index (χ2v) is 6.47. The molecule has 3 aromatic rings. The zero-order valence-corrected chi connectivity index (χ0v) is 16.0. The van der Waals surface area contributed by atoms with E-state index in [0.717, 1.165) is 22.6 Å². The molecule has 0 aliphatic carbocycles. The predicted octanol–water partition coefficient (Wildman–Crippen LogP) is 4.55. The number of carbonyl (C=O) groups excluding carboxylic acids is 2. The minimum absolute atomic E-state index is 0.0460. The average molecular weight is 374 g/mol. The van der Waals surface area contributed by atoms with E-state index in [0.29, 0.717) is 24.0 Å². The second-order valence-electron chi connectivity index (χ2n) is 6.47. The van der Waals surface area contributed by atoms with E-state index < -0.39 is 0 Å². The maximum absolute atomic E-state index is 12.4. The van der Waals surface area contributed by atoms with Crippen LogP contribution in [0, 0.1) is 0 Å². The van der Waals surface area contributed by atoms with Crippen LogP contribution in [0.15, 0.2) is 72.8 Å². The molecular weight excluding hydrogens is 352 g/mol. The molecule has 0 aliphatic rings. The van der Waals surface area contributed by atoms with E-state index in [1.807, 2.05) is 24.3 Å². The fourth-order valence-corrected chi connectivity index (χ4v) is 2.90. The molecule has 0 fully saturated rings. The Bertz CT molecular complexity index is 859. The third-order valence-corrected chi connectivity index (χ3v) is 4.58. The highest BCUT2D eigenvalue weighted by atomic mass is 16.5. The average Bonchev–Trinajstić information content (AvgIpc) is 2.75. The van der Waals surface area contributed by atoms with Crippen molar-refractivity contribution < 1.29 is 19.1 Å². The predicted molar refractivity (Wildman–Crippen MR) is 108 cm³/mol. The summed E-state index contributed by atoms with van der Waals surface area (Å²) in [4.78, 5) is 24.8. The first-order valence-corrected chi connectivity index (χ1v) is 9.01. The van der Waals surface area contributed by atoms with Gasteiger partial charge in [0.2, 0.25) is 0 Å². The molecule has 0 bridgehead atoms. The number of Topliss-reactive ketones (excluding diaryl/α,β-unsaturated/α-hetero) is 2. The number of methoxy groups -OCH3 is 2. The Labute approximate surface area is 164 Å². The van der Waals surface area contributed by atoms with Crippen LogP contribution in [0.25, 0.3) is 0 Å². The van der Waals surface area contributed by atoms with E-state index in [1.165, 1.54) is 0 Å². The van der Waals surface area contributed by atoms with Gasteiger partial charge in [-0.05, 0) is 59.7 Å². The second kappa shape index (κ2) is 9.00. The molecule has 0 saturated heterocycles. The van der Waals surface area contributed by atoms with Crippen LogP contribution in [-0.4, -0.2) is 25.8 Å². The highest BCUT2D eigenvalue weighted by molar-refractivity contribution is 5.98. The molecule has 0 N–H and O–H groups in total. The molecule has 4 heteroatoms. The number of ketones is 2. The monoisotopic (exact) mass is 374 g/mol. The summed E-state index contributed by atoms with van der Waals surface area (Å²) in [5.41, 5.74) is 3.14. The Morgan fingerprint density at radius 3 is 1.18 bits per heavy atom. The van der Waals surface area contributed by atoms with E-state index >= 15 is 0 Å². The fourth-order valence-electron chi connectivity index (χ4n) is 2.90. The molecule has 0 unspecified atom stereocenters. The Balaban J connectivity index is 1.60. The Hall–Kier alpha value is -3.40. The van der Waals surface area contributed by atoms with Gasteiger partial charge in [-0.25, -0.2) is 0 Å². The molecule has 0 spiro atoms. The minimum atomic E-state index is 0.0460. The molecular formula is C24H22O4. The van der Waals surface area contributed by atoms with Gasteiger partial charge in [0, 0.05) is 24.0 Å². The van der Waals surface area contributed by atoms with Crippen LogP contribution < -0.4 is 9.47 Å². The molecule has 28 heavy (non-hydrogen) atoms. The summed E-state index contributed by atoms with van der Waals surface area (Å²) in [7, 11) is 3.19. The Kier molecular flexibility index (Phi) is 6.22. The molecule has 0 saturated carbocycles. The van der Waals surface area contributed by atoms with Crippen LogP contribution in [-0.2, 0) is 12.8 Å². The van der Waals surface area contributed by atoms with Crippen molar-refractivity contribution in [1.82, 2.24) is 0 Å². The summed E-state index contributed by atoms with van der Waals surface area (Å²) in [6.45, 7) is 0. The number of benzene rings is 3. The number of hydrogen-bond donors (Lipinski definition) is 0. The molecule has 3 rings (SSSR count). The lowest BCUT2D eigenvalue weighted by molar-refractivity contribution is 0.0984. The van der Waals surface area contributed by atoms with Crippen molar-refractivity contribution in [3.63, 3.8) is 0 Å². The van der Waals surface area contributed by atoms with Gasteiger partial charge in [0.15, 0.2) is 11.6 Å². The van der Waals surface area contributed by atoms with Crippen LogP contribution >= 0.6 is 0 Å². The van der Waals surface area contributed by atoms with Crippen LogP contribution in [0.4, 0.5) is 0 Å². The topological polar surface area (TPSA) is 52.6 Å². The molecule has 0 aromatic heterocycles. The Morgan fingerprint density at radius 1 is 0.571 bits per heavy atom. The number of rotatable bonds is 8. The van der Waals surface area contributed by atoms with E-state index in [4.69, 9.17) is 9.47 Å². The zero-order chi connectivity index (χ0) is 19.9. The van der Waals surface area contributed by atoms with E-state index in [2.05, 4.69) is 0 Å². The first kappa shape index (κ1) is 19.4. The molecule has 0 amide bonds. The maximum atomic E-state index is 12.4. The van der Waals surface area contributed by atoms with Crippen LogP contribution in [0.1, 0.15) is 31.8 Å². The van der Waals surface area contributed by atoms with Crippen molar-refractivity contribution in [3.8, 4) is 11.5 Å². The van der Waals surface area contributed by atoms with Crippen molar-refractivity contribution in [3.05, 3.63) is 95.1 Å². The standard InChI is InChI=1S/C24H22O4/c1-27-21-11-7-19(8-12-21)23(25)15-17-3-5-18(6-4-17)16-24(26)20-9-13-22(28-2)14-10-20/h3-14H,15-16H2,1-2H3. The maximum Gasteiger partial charge on any atom is 0.167 e. The number of carbonyl (C=O) groups is 2.